The molecule has 0 saturated heterocycles. The minimum Gasteiger partial charge on any atom is -0.396 e. The number of nitrogens with zero attached hydrogens (tertiary/aromatic N) is 2. The Balaban J connectivity index is 2.57. The van der Waals surface area contributed by atoms with Gasteiger partial charge in [0.1, 0.15) is 10.8 Å². The fourth-order valence-corrected chi connectivity index (χ4v) is 1.63. The number of halogens is 1. The lowest BCUT2D eigenvalue weighted by Gasteiger charge is -2.25. The lowest BCUT2D eigenvalue weighted by molar-refractivity contribution is 0.248. The summed E-state index contributed by atoms with van der Waals surface area (Å²) in [4.78, 5) is 7.83. The van der Waals surface area contributed by atoms with Gasteiger partial charge < -0.3 is 16.2 Å². The standard InChI is InChI=1S/C11H19ClN4O/c1-11(2,4-3-5-17)7-15-9-8(12)6-14-10(13)16-9/h6,17H,3-5,7H2,1-2H3,(H3,13,14,15,16). The third kappa shape index (κ3) is 4.75. The molecule has 1 aromatic heterocycles. The molecule has 0 aliphatic rings. The first-order valence-corrected chi connectivity index (χ1v) is 5.95. The number of aliphatic hydroxyl groups is 1. The molecule has 1 heterocycles. The van der Waals surface area contributed by atoms with E-state index in [1.54, 1.807) is 0 Å². The second kappa shape index (κ2) is 6.02. The van der Waals surface area contributed by atoms with E-state index >= 15 is 0 Å². The van der Waals surface area contributed by atoms with Gasteiger partial charge in [0.25, 0.3) is 0 Å². The molecule has 6 heteroatoms. The molecule has 0 fully saturated rings. The van der Waals surface area contributed by atoms with Crippen molar-refractivity contribution in [2.75, 3.05) is 24.2 Å². The van der Waals surface area contributed by atoms with Crippen LogP contribution in [-0.4, -0.2) is 28.2 Å². The van der Waals surface area contributed by atoms with Gasteiger partial charge in [-0.3, -0.25) is 0 Å². The van der Waals surface area contributed by atoms with Gasteiger partial charge in [-0.2, -0.15) is 4.98 Å². The zero-order chi connectivity index (χ0) is 12.9. The van der Waals surface area contributed by atoms with Crippen LogP contribution in [0.3, 0.4) is 0 Å². The molecule has 5 nitrogen and oxygen atoms in total. The molecule has 4 N–H and O–H groups in total. The Hall–Kier alpha value is -1.07. The van der Waals surface area contributed by atoms with Crippen LogP contribution in [-0.2, 0) is 0 Å². The van der Waals surface area contributed by atoms with Crippen LogP contribution in [0.15, 0.2) is 6.20 Å². The molecule has 1 rings (SSSR count). The van der Waals surface area contributed by atoms with E-state index in [2.05, 4.69) is 29.1 Å². The van der Waals surface area contributed by atoms with Crippen molar-refractivity contribution in [2.45, 2.75) is 26.7 Å². The van der Waals surface area contributed by atoms with Gasteiger partial charge in [0.15, 0.2) is 0 Å². The highest BCUT2D eigenvalue weighted by Gasteiger charge is 2.17. The highest BCUT2D eigenvalue weighted by atomic mass is 35.5. The van der Waals surface area contributed by atoms with Gasteiger partial charge in [-0.05, 0) is 18.3 Å². The van der Waals surface area contributed by atoms with Gasteiger partial charge in [0.05, 0.1) is 6.20 Å². The Morgan fingerprint density at radius 3 is 2.88 bits per heavy atom. The summed E-state index contributed by atoms with van der Waals surface area (Å²) in [5, 5.41) is 12.4. The zero-order valence-electron chi connectivity index (χ0n) is 10.2. The van der Waals surface area contributed by atoms with E-state index in [1.165, 1.54) is 6.20 Å². The Morgan fingerprint density at radius 1 is 1.53 bits per heavy atom. The topological polar surface area (TPSA) is 84.1 Å². The van der Waals surface area contributed by atoms with E-state index < -0.39 is 0 Å². The molecule has 0 bridgehead atoms. The first-order chi connectivity index (χ1) is 7.94. The van der Waals surface area contributed by atoms with Crippen molar-refractivity contribution >= 4 is 23.4 Å². The van der Waals surface area contributed by atoms with Crippen molar-refractivity contribution in [2.24, 2.45) is 5.41 Å². The van der Waals surface area contributed by atoms with Gasteiger partial charge in [-0.15, -0.1) is 0 Å². The third-order valence-electron chi connectivity index (χ3n) is 2.51. The van der Waals surface area contributed by atoms with E-state index in [0.29, 0.717) is 17.4 Å². The van der Waals surface area contributed by atoms with E-state index in [4.69, 9.17) is 22.4 Å². The highest BCUT2D eigenvalue weighted by Crippen LogP contribution is 2.25. The summed E-state index contributed by atoms with van der Waals surface area (Å²) >= 11 is 5.95. The fourth-order valence-electron chi connectivity index (χ4n) is 1.47. The van der Waals surface area contributed by atoms with Crippen molar-refractivity contribution in [1.29, 1.82) is 0 Å². The van der Waals surface area contributed by atoms with E-state index in [1.807, 2.05) is 0 Å². The van der Waals surface area contributed by atoms with Crippen molar-refractivity contribution < 1.29 is 5.11 Å². The SMILES string of the molecule is CC(C)(CCCO)CNc1nc(N)ncc1Cl. The molecule has 0 saturated carbocycles. The molecule has 0 atom stereocenters. The molecule has 0 amide bonds. The number of nitrogens with one attached hydrogen (secondary N) is 1. The minimum atomic E-state index is 0.0613. The molecular weight excluding hydrogens is 240 g/mol. The average molecular weight is 259 g/mol. The number of hydrogen-bond acceptors (Lipinski definition) is 5. The molecule has 0 aliphatic carbocycles. The largest absolute Gasteiger partial charge is 0.396 e. The van der Waals surface area contributed by atoms with E-state index in [-0.39, 0.29) is 18.0 Å². The number of nitrogen functional groups attached to an aromatic ring is 1. The van der Waals surface area contributed by atoms with Gasteiger partial charge in [-0.25, -0.2) is 4.98 Å². The summed E-state index contributed by atoms with van der Waals surface area (Å²) in [6.45, 7) is 5.16. The minimum absolute atomic E-state index is 0.0613. The van der Waals surface area contributed by atoms with Crippen molar-refractivity contribution in [3.05, 3.63) is 11.2 Å². The summed E-state index contributed by atoms with van der Waals surface area (Å²) in [5.41, 5.74) is 5.55. The van der Waals surface area contributed by atoms with Crippen molar-refractivity contribution in [3.63, 3.8) is 0 Å². The molecule has 17 heavy (non-hydrogen) atoms. The zero-order valence-corrected chi connectivity index (χ0v) is 11.0. The number of nitrogens with two attached hydrogens (primary N) is 1. The van der Waals surface area contributed by atoms with Crippen LogP contribution >= 0.6 is 11.6 Å². The maximum absolute atomic E-state index is 8.82. The molecule has 0 unspecified atom stereocenters. The predicted octanol–water partition coefficient (Wildman–Crippen LogP) is 1.92. The summed E-state index contributed by atoms with van der Waals surface area (Å²) in [6, 6.07) is 0. The molecular formula is C11H19ClN4O. The molecule has 0 aromatic carbocycles. The Labute approximate surface area is 106 Å². The van der Waals surface area contributed by atoms with Crippen molar-refractivity contribution in [1.82, 2.24) is 9.97 Å². The van der Waals surface area contributed by atoms with Crippen LogP contribution < -0.4 is 11.1 Å². The molecule has 0 aliphatic heterocycles. The fraction of sp³-hybridized carbons (Fsp3) is 0.636. The highest BCUT2D eigenvalue weighted by molar-refractivity contribution is 6.32. The summed E-state index contributed by atoms with van der Waals surface area (Å²) in [6.07, 6.45) is 3.19. The summed E-state index contributed by atoms with van der Waals surface area (Å²) < 4.78 is 0. The van der Waals surface area contributed by atoms with Crippen LogP contribution in [0.1, 0.15) is 26.7 Å². The Bertz CT molecular complexity index is 370. The second-order valence-electron chi connectivity index (χ2n) is 4.77. The number of anilines is 2. The third-order valence-corrected chi connectivity index (χ3v) is 2.79. The van der Waals surface area contributed by atoms with Crippen molar-refractivity contribution in [3.8, 4) is 0 Å². The number of aromatic nitrogens is 2. The first kappa shape index (κ1) is 14.0. The van der Waals surface area contributed by atoms with Gasteiger partial charge >= 0.3 is 0 Å². The maximum Gasteiger partial charge on any atom is 0.222 e. The van der Waals surface area contributed by atoms with E-state index in [9.17, 15) is 0 Å². The van der Waals surface area contributed by atoms with Gasteiger partial charge in [0.2, 0.25) is 5.95 Å². The number of aliphatic hydroxyl groups excluding tert-OH is 1. The molecule has 0 radical (unpaired) electrons. The Morgan fingerprint density at radius 2 is 2.24 bits per heavy atom. The number of rotatable bonds is 6. The lowest BCUT2D eigenvalue weighted by Crippen LogP contribution is -2.24. The van der Waals surface area contributed by atoms with Gasteiger partial charge in [-0.1, -0.05) is 25.4 Å². The summed E-state index contributed by atoms with van der Waals surface area (Å²) in [7, 11) is 0. The predicted molar refractivity (Wildman–Crippen MR) is 70.0 cm³/mol. The smallest absolute Gasteiger partial charge is 0.222 e. The van der Waals surface area contributed by atoms with Gasteiger partial charge in [0, 0.05) is 13.2 Å². The average Bonchev–Trinajstić information content (AvgIpc) is 2.28. The monoisotopic (exact) mass is 258 g/mol. The normalized spacial score (nSPS) is 11.5. The lowest BCUT2D eigenvalue weighted by atomic mass is 9.88. The van der Waals surface area contributed by atoms with Crippen LogP contribution in [0.25, 0.3) is 0 Å². The second-order valence-corrected chi connectivity index (χ2v) is 5.18. The van der Waals surface area contributed by atoms with Crippen LogP contribution in [0.2, 0.25) is 5.02 Å². The van der Waals surface area contributed by atoms with Crippen LogP contribution in [0.5, 0.6) is 0 Å². The quantitative estimate of drug-likeness (QED) is 0.726. The Kier molecular flexibility index (Phi) is 4.96. The molecule has 1 aromatic rings. The van der Waals surface area contributed by atoms with Crippen LogP contribution in [0.4, 0.5) is 11.8 Å². The number of hydrogen-bond donors (Lipinski definition) is 3. The first-order valence-electron chi connectivity index (χ1n) is 5.57. The van der Waals surface area contributed by atoms with Crippen LogP contribution in [0, 0.1) is 5.41 Å². The maximum atomic E-state index is 8.82. The van der Waals surface area contributed by atoms with E-state index in [0.717, 1.165) is 12.8 Å². The summed E-state index contributed by atoms with van der Waals surface area (Å²) in [5.74, 6) is 0.751. The molecule has 0 spiro atoms. The molecule has 96 valence electrons.